The van der Waals surface area contributed by atoms with Gasteiger partial charge in [-0.15, -0.1) is 0 Å². The van der Waals surface area contributed by atoms with E-state index in [1.54, 1.807) is 0 Å². The van der Waals surface area contributed by atoms with Crippen LogP contribution in [0.2, 0.25) is 0 Å². The molecule has 0 spiro atoms. The SMILES string of the molecule is O=COCCCCCCCCCCCCOC(=O)c1ccc(OS(=O)(=O)C(F)(F)C(F)(F)C(F)(F)S(=O)(=O)O)cc1. The molecule has 0 aromatic heterocycles. The van der Waals surface area contributed by atoms with E-state index in [9.17, 15) is 52.8 Å². The average Bonchev–Trinajstić information content (AvgIpc) is 2.88. The first-order chi connectivity index (χ1) is 18.9. The highest BCUT2D eigenvalue weighted by Crippen LogP contribution is 2.50. The predicted molar refractivity (Wildman–Crippen MR) is 131 cm³/mol. The summed E-state index contributed by atoms with van der Waals surface area (Å²) in [4.78, 5) is 22.1. The molecule has 0 fully saturated rings. The van der Waals surface area contributed by atoms with Crippen molar-refractivity contribution in [2.24, 2.45) is 0 Å². The molecule has 0 bridgehead atoms. The summed E-state index contributed by atoms with van der Waals surface area (Å²) < 4.78 is 147. The molecular formula is C23H30F6O10S2. The van der Waals surface area contributed by atoms with Gasteiger partial charge in [0, 0.05) is 0 Å². The standard InChI is InChI=1S/C23H30F6O10S2/c24-21(25,22(26,27)40(32,33)34)23(28,29)41(35,36)39-19-13-11-18(12-14-19)20(31)38-16-10-8-6-4-2-1-3-5-7-9-15-37-17-30/h11-14,17H,1-10,15-16H2,(H,32,33,34). The molecule has 236 valence electrons. The minimum Gasteiger partial charge on any atom is -0.468 e. The molecule has 0 unspecified atom stereocenters. The molecule has 0 aliphatic rings. The topological polar surface area (TPSA) is 150 Å². The number of benzene rings is 1. The van der Waals surface area contributed by atoms with Crippen LogP contribution in [-0.4, -0.2) is 63.5 Å². The summed E-state index contributed by atoms with van der Waals surface area (Å²) in [5, 5.41) is -13.7. The van der Waals surface area contributed by atoms with E-state index in [-0.39, 0.29) is 12.2 Å². The van der Waals surface area contributed by atoms with Crippen LogP contribution in [0.5, 0.6) is 5.75 Å². The molecule has 10 nitrogen and oxygen atoms in total. The van der Waals surface area contributed by atoms with Gasteiger partial charge in [0.25, 0.3) is 6.47 Å². The highest BCUT2D eigenvalue weighted by molar-refractivity contribution is 7.88. The lowest BCUT2D eigenvalue weighted by Crippen LogP contribution is -2.61. The number of alkyl halides is 6. The first-order valence-electron chi connectivity index (χ1n) is 12.3. The molecule has 0 radical (unpaired) electrons. The van der Waals surface area contributed by atoms with E-state index in [0.717, 1.165) is 69.9 Å². The molecule has 1 rings (SSSR count). The first kappa shape index (κ1) is 36.4. The molecule has 0 heterocycles. The van der Waals surface area contributed by atoms with Gasteiger partial charge in [-0.25, -0.2) is 4.79 Å². The molecule has 0 saturated carbocycles. The Morgan fingerprint density at radius 1 is 0.732 bits per heavy atom. The summed E-state index contributed by atoms with van der Waals surface area (Å²) in [6.45, 7) is 0.895. The van der Waals surface area contributed by atoms with E-state index >= 15 is 0 Å². The average molecular weight is 645 g/mol. The molecule has 1 N–H and O–H groups in total. The van der Waals surface area contributed by atoms with Crippen LogP contribution >= 0.6 is 0 Å². The van der Waals surface area contributed by atoms with Crippen molar-refractivity contribution in [2.75, 3.05) is 13.2 Å². The number of esters is 1. The van der Waals surface area contributed by atoms with Gasteiger partial charge in [-0.2, -0.15) is 43.2 Å². The van der Waals surface area contributed by atoms with Crippen LogP contribution in [0.4, 0.5) is 26.3 Å². The Balaban J connectivity index is 2.48. The van der Waals surface area contributed by atoms with Gasteiger partial charge in [-0.3, -0.25) is 9.35 Å². The molecule has 0 aliphatic carbocycles. The van der Waals surface area contributed by atoms with E-state index in [0.29, 0.717) is 31.6 Å². The fourth-order valence-corrected chi connectivity index (χ4v) is 4.74. The van der Waals surface area contributed by atoms with E-state index in [1.807, 2.05) is 0 Å². The van der Waals surface area contributed by atoms with Crippen LogP contribution in [0, 0.1) is 0 Å². The Morgan fingerprint density at radius 2 is 1.17 bits per heavy atom. The molecular weight excluding hydrogens is 614 g/mol. The predicted octanol–water partition coefficient (Wildman–Crippen LogP) is 5.33. The quantitative estimate of drug-likeness (QED) is 0.0464. The molecule has 18 heteroatoms. The summed E-state index contributed by atoms with van der Waals surface area (Å²) in [5.74, 6) is -9.12. The second-order valence-corrected chi connectivity index (χ2v) is 11.8. The lowest BCUT2D eigenvalue weighted by molar-refractivity contribution is -0.247. The number of unbranched alkanes of at least 4 members (excludes halogenated alkanes) is 9. The molecule has 0 atom stereocenters. The summed E-state index contributed by atoms with van der Waals surface area (Å²) in [5.41, 5.74) is -0.206. The van der Waals surface area contributed by atoms with Crippen LogP contribution in [0.1, 0.15) is 74.6 Å². The highest BCUT2D eigenvalue weighted by Gasteiger charge is 2.83. The van der Waals surface area contributed by atoms with Gasteiger partial charge in [0.15, 0.2) is 0 Å². The Kier molecular flexibility index (Phi) is 13.8. The highest BCUT2D eigenvalue weighted by atomic mass is 32.2. The summed E-state index contributed by atoms with van der Waals surface area (Å²) in [7, 11) is -14.1. The number of carbonyl (C=O) groups is 2. The first-order valence-corrected chi connectivity index (χ1v) is 15.1. The molecule has 1 aromatic rings. The maximum absolute atomic E-state index is 13.9. The Bertz CT molecular complexity index is 1190. The van der Waals surface area contributed by atoms with Gasteiger partial charge in [-0.05, 0) is 37.1 Å². The zero-order chi connectivity index (χ0) is 31.4. The maximum Gasteiger partial charge on any atom is 0.450 e. The minimum absolute atomic E-state index is 0.0393. The number of halogens is 6. The summed E-state index contributed by atoms with van der Waals surface area (Å²) >= 11 is 0. The minimum atomic E-state index is -7.16. The normalized spacial score (nSPS) is 13.0. The largest absolute Gasteiger partial charge is 0.468 e. The Labute approximate surface area is 233 Å². The second-order valence-electron chi connectivity index (χ2n) is 8.78. The molecule has 1 aromatic carbocycles. The summed E-state index contributed by atoms with van der Waals surface area (Å²) in [6, 6.07) is 2.79. The van der Waals surface area contributed by atoms with Gasteiger partial charge in [0.2, 0.25) is 0 Å². The van der Waals surface area contributed by atoms with Crippen molar-refractivity contribution in [1.29, 1.82) is 0 Å². The van der Waals surface area contributed by atoms with Crippen molar-refractivity contribution in [3.63, 3.8) is 0 Å². The van der Waals surface area contributed by atoms with Gasteiger partial charge < -0.3 is 13.7 Å². The van der Waals surface area contributed by atoms with Crippen LogP contribution < -0.4 is 4.18 Å². The van der Waals surface area contributed by atoms with E-state index in [2.05, 4.69) is 8.92 Å². The second kappa shape index (κ2) is 15.6. The fraction of sp³-hybridized carbons (Fsp3) is 0.652. The molecule has 0 amide bonds. The number of carbonyl (C=O) groups excluding carboxylic acids is 2. The third-order valence-electron chi connectivity index (χ3n) is 5.62. The van der Waals surface area contributed by atoms with Crippen LogP contribution in [0.3, 0.4) is 0 Å². The Hall–Kier alpha value is -2.60. The number of ether oxygens (including phenoxy) is 2. The van der Waals surface area contributed by atoms with Crippen LogP contribution in [0.15, 0.2) is 24.3 Å². The molecule has 41 heavy (non-hydrogen) atoms. The third-order valence-corrected chi connectivity index (χ3v) is 7.82. The molecule has 0 aliphatic heterocycles. The van der Waals surface area contributed by atoms with Crippen molar-refractivity contribution >= 4 is 32.7 Å². The van der Waals surface area contributed by atoms with Gasteiger partial charge in [0.05, 0.1) is 18.8 Å². The van der Waals surface area contributed by atoms with Crippen molar-refractivity contribution in [2.45, 2.75) is 80.6 Å². The number of hydrogen-bond donors (Lipinski definition) is 1. The Morgan fingerprint density at radius 3 is 1.61 bits per heavy atom. The van der Waals surface area contributed by atoms with Crippen molar-refractivity contribution in [3.05, 3.63) is 29.8 Å². The lowest BCUT2D eigenvalue weighted by Gasteiger charge is -2.29. The van der Waals surface area contributed by atoms with E-state index < -0.39 is 48.4 Å². The maximum atomic E-state index is 13.9. The zero-order valence-corrected chi connectivity index (χ0v) is 23.2. The van der Waals surface area contributed by atoms with Gasteiger partial charge in [0.1, 0.15) is 5.75 Å². The summed E-state index contributed by atoms with van der Waals surface area (Å²) in [6.07, 6.45) is 9.29. The van der Waals surface area contributed by atoms with E-state index in [1.165, 1.54) is 0 Å². The van der Waals surface area contributed by atoms with Crippen molar-refractivity contribution < 1.29 is 71.0 Å². The monoisotopic (exact) mass is 644 g/mol. The zero-order valence-electron chi connectivity index (χ0n) is 21.6. The van der Waals surface area contributed by atoms with E-state index in [4.69, 9.17) is 9.29 Å². The van der Waals surface area contributed by atoms with Crippen LogP contribution in [0.25, 0.3) is 0 Å². The third kappa shape index (κ3) is 10.0. The molecule has 0 saturated heterocycles. The van der Waals surface area contributed by atoms with Crippen LogP contribution in [-0.2, 0) is 34.5 Å². The smallest absolute Gasteiger partial charge is 0.450 e. The van der Waals surface area contributed by atoms with Crippen molar-refractivity contribution in [1.82, 2.24) is 0 Å². The van der Waals surface area contributed by atoms with Gasteiger partial charge >= 0.3 is 42.6 Å². The number of hydrogen-bond acceptors (Lipinski definition) is 9. The fourth-order valence-electron chi connectivity index (χ4n) is 3.31. The van der Waals surface area contributed by atoms with Crippen molar-refractivity contribution in [3.8, 4) is 5.75 Å². The number of rotatable bonds is 21. The van der Waals surface area contributed by atoms with Gasteiger partial charge in [-0.1, -0.05) is 51.4 Å². The lowest BCUT2D eigenvalue weighted by atomic mass is 10.1.